The summed E-state index contributed by atoms with van der Waals surface area (Å²) in [5.74, 6) is 1.60. The maximum Gasteiger partial charge on any atom is 0.127 e. The van der Waals surface area contributed by atoms with Crippen LogP contribution >= 0.6 is 15.9 Å². The third-order valence-electron chi connectivity index (χ3n) is 3.24. The number of nitrogens with one attached hydrogen (secondary N) is 1. The highest BCUT2D eigenvalue weighted by Gasteiger charge is 2.17. The van der Waals surface area contributed by atoms with Gasteiger partial charge < -0.3 is 14.8 Å². The van der Waals surface area contributed by atoms with Gasteiger partial charge in [0.15, 0.2) is 0 Å². The Hall–Kier alpha value is -1.52. The van der Waals surface area contributed by atoms with Crippen molar-refractivity contribution in [2.24, 2.45) is 0 Å². The van der Waals surface area contributed by atoms with Crippen LogP contribution in [0.25, 0.3) is 0 Å². The highest BCUT2D eigenvalue weighted by Crippen LogP contribution is 2.33. The first-order chi connectivity index (χ1) is 9.69. The Morgan fingerprint density at radius 3 is 2.25 bits per heavy atom. The molecule has 0 saturated carbocycles. The molecule has 0 heterocycles. The van der Waals surface area contributed by atoms with Crippen molar-refractivity contribution in [2.75, 3.05) is 21.3 Å². The molecule has 1 atom stereocenters. The molecular weight excluding hydrogens is 318 g/mol. The van der Waals surface area contributed by atoms with Gasteiger partial charge in [0, 0.05) is 16.1 Å². The maximum atomic E-state index is 5.49. The van der Waals surface area contributed by atoms with Gasteiger partial charge in [-0.25, -0.2) is 0 Å². The Morgan fingerprint density at radius 2 is 1.70 bits per heavy atom. The molecule has 1 N–H and O–H groups in total. The van der Waals surface area contributed by atoms with Crippen LogP contribution in [-0.2, 0) is 0 Å². The molecule has 0 aliphatic heterocycles. The first kappa shape index (κ1) is 14.9. The average molecular weight is 336 g/mol. The fraction of sp³-hybridized carbons (Fsp3) is 0.250. The predicted octanol–water partition coefficient (Wildman–Crippen LogP) is 3.78. The van der Waals surface area contributed by atoms with Crippen LogP contribution in [0.2, 0.25) is 0 Å². The summed E-state index contributed by atoms with van der Waals surface area (Å²) in [6.45, 7) is 0. The molecule has 0 fully saturated rings. The minimum atomic E-state index is 0.0731. The molecule has 3 nitrogen and oxygen atoms in total. The van der Waals surface area contributed by atoms with Crippen LogP contribution < -0.4 is 14.8 Å². The van der Waals surface area contributed by atoms with Gasteiger partial charge in [-0.2, -0.15) is 0 Å². The van der Waals surface area contributed by atoms with Crippen LogP contribution in [0, 0.1) is 0 Å². The zero-order valence-electron chi connectivity index (χ0n) is 11.8. The van der Waals surface area contributed by atoms with Crippen molar-refractivity contribution in [2.45, 2.75) is 6.04 Å². The van der Waals surface area contributed by atoms with Crippen LogP contribution in [0.5, 0.6) is 11.5 Å². The standard InChI is InChI=1S/C16H18BrNO2/c1-18-16(11-4-6-12(17)7-5-11)14-9-8-13(19-2)10-15(14)20-3/h4-10,16,18H,1-3H3. The van der Waals surface area contributed by atoms with E-state index in [1.165, 1.54) is 5.56 Å². The molecule has 0 spiro atoms. The Balaban J connectivity index is 2.43. The number of hydrogen-bond acceptors (Lipinski definition) is 3. The van der Waals surface area contributed by atoms with Crippen molar-refractivity contribution in [3.8, 4) is 11.5 Å². The quantitative estimate of drug-likeness (QED) is 0.902. The molecule has 0 aromatic heterocycles. The lowest BCUT2D eigenvalue weighted by atomic mass is 9.98. The minimum Gasteiger partial charge on any atom is -0.497 e. The van der Waals surface area contributed by atoms with Gasteiger partial charge in [0.25, 0.3) is 0 Å². The molecule has 20 heavy (non-hydrogen) atoms. The van der Waals surface area contributed by atoms with Crippen LogP contribution in [-0.4, -0.2) is 21.3 Å². The van der Waals surface area contributed by atoms with Gasteiger partial charge >= 0.3 is 0 Å². The van der Waals surface area contributed by atoms with Gasteiger partial charge in [0.2, 0.25) is 0 Å². The fourth-order valence-electron chi connectivity index (χ4n) is 2.21. The van der Waals surface area contributed by atoms with E-state index in [4.69, 9.17) is 9.47 Å². The molecule has 1 unspecified atom stereocenters. The van der Waals surface area contributed by atoms with Crippen molar-refractivity contribution >= 4 is 15.9 Å². The first-order valence-electron chi connectivity index (χ1n) is 6.34. The summed E-state index contributed by atoms with van der Waals surface area (Å²) in [6.07, 6.45) is 0. The second-order valence-electron chi connectivity index (χ2n) is 4.38. The second kappa shape index (κ2) is 6.77. The van der Waals surface area contributed by atoms with E-state index in [-0.39, 0.29) is 6.04 Å². The molecule has 106 valence electrons. The fourth-order valence-corrected chi connectivity index (χ4v) is 2.48. The minimum absolute atomic E-state index is 0.0731. The molecular formula is C16H18BrNO2. The van der Waals surface area contributed by atoms with Gasteiger partial charge in [0.05, 0.1) is 20.3 Å². The van der Waals surface area contributed by atoms with Crippen molar-refractivity contribution in [1.29, 1.82) is 0 Å². The Kier molecular flexibility index (Phi) is 5.04. The van der Waals surface area contributed by atoms with E-state index < -0.39 is 0 Å². The topological polar surface area (TPSA) is 30.5 Å². The van der Waals surface area contributed by atoms with Crippen LogP contribution in [0.15, 0.2) is 46.9 Å². The van der Waals surface area contributed by atoms with Gasteiger partial charge in [-0.1, -0.05) is 28.1 Å². The van der Waals surface area contributed by atoms with E-state index in [9.17, 15) is 0 Å². The van der Waals surface area contributed by atoms with E-state index in [0.29, 0.717) is 0 Å². The summed E-state index contributed by atoms with van der Waals surface area (Å²) in [6, 6.07) is 14.2. The Morgan fingerprint density at radius 1 is 1.00 bits per heavy atom. The molecule has 0 saturated heterocycles. The van der Waals surface area contributed by atoms with Crippen molar-refractivity contribution in [3.63, 3.8) is 0 Å². The molecule has 2 rings (SSSR count). The molecule has 0 amide bonds. The predicted molar refractivity (Wildman–Crippen MR) is 84.6 cm³/mol. The Labute approximate surface area is 128 Å². The zero-order valence-corrected chi connectivity index (χ0v) is 13.4. The second-order valence-corrected chi connectivity index (χ2v) is 5.30. The monoisotopic (exact) mass is 335 g/mol. The van der Waals surface area contributed by atoms with Crippen LogP contribution in [0.1, 0.15) is 17.2 Å². The third-order valence-corrected chi connectivity index (χ3v) is 3.77. The van der Waals surface area contributed by atoms with Gasteiger partial charge in [-0.05, 0) is 36.9 Å². The van der Waals surface area contributed by atoms with E-state index >= 15 is 0 Å². The summed E-state index contributed by atoms with van der Waals surface area (Å²) in [7, 11) is 5.27. The summed E-state index contributed by atoms with van der Waals surface area (Å²) < 4.78 is 11.8. The van der Waals surface area contributed by atoms with E-state index in [2.05, 4.69) is 33.4 Å². The molecule has 4 heteroatoms. The van der Waals surface area contributed by atoms with E-state index in [1.807, 2.05) is 37.4 Å². The lowest BCUT2D eigenvalue weighted by Crippen LogP contribution is -2.18. The molecule has 0 radical (unpaired) electrons. The highest BCUT2D eigenvalue weighted by atomic mass is 79.9. The molecule has 2 aromatic rings. The molecule has 0 bridgehead atoms. The number of methoxy groups -OCH3 is 2. The maximum absolute atomic E-state index is 5.49. The smallest absolute Gasteiger partial charge is 0.127 e. The van der Waals surface area contributed by atoms with Crippen molar-refractivity contribution in [1.82, 2.24) is 5.32 Å². The SMILES string of the molecule is CNC(c1ccc(Br)cc1)c1ccc(OC)cc1OC. The van der Waals surface area contributed by atoms with E-state index in [0.717, 1.165) is 21.5 Å². The summed E-state index contributed by atoms with van der Waals surface area (Å²) in [5.41, 5.74) is 2.26. The largest absolute Gasteiger partial charge is 0.497 e. The highest BCUT2D eigenvalue weighted by molar-refractivity contribution is 9.10. The lowest BCUT2D eigenvalue weighted by Gasteiger charge is -2.20. The Bertz CT molecular complexity index is 569. The van der Waals surface area contributed by atoms with Gasteiger partial charge in [-0.3, -0.25) is 0 Å². The number of halogens is 1. The van der Waals surface area contributed by atoms with Gasteiger partial charge in [0.1, 0.15) is 11.5 Å². The van der Waals surface area contributed by atoms with Crippen molar-refractivity contribution in [3.05, 3.63) is 58.1 Å². The van der Waals surface area contributed by atoms with E-state index in [1.54, 1.807) is 14.2 Å². The summed E-state index contributed by atoms with van der Waals surface area (Å²) in [4.78, 5) is 0. The number of ether oxygens (including phenoxy) is 2. The number of benzene rings is 2. The van der Waals surface area contributed by atoms with Gasteiger partial charge in [-0.15, -0.1) is 0 Å². The lowest BCUT2D eigenvalue weighted by molar-refractivity contribution is 0.388. The number of hydrogen-bond donors (Lipinski definition) is 1. The molecule has 2 aromatic carbocycles. The summed E-state index contributed by atoms with van der Waals surface area (Å²) in [5, 5.41) is 3.33. The number of rotatable bonds is 5. The third kappa shape index (κ3) is 3.14. The van der Waals surface area contributed by atoms with Crippen LogP contribution in [0.3, 0.4) is 0 Å². The first-order valence-corrected chi connectivity index (χ1v) is 7.13. The molecule has 0 aliphatic carbocycles. The molecule has 0 aliphatic rings. The summed E-state index contributed by atoms with van der Waals surface area (Å²) >= 11 is 3.46. The normalized spacial score (nSPS) is 12.0. The van der Waals surface area contributed by atoms with Crippen LogP contribution in [0.4, 0.5) is 0 Å². The van der Waals surface area contributed by atoms with Crippen molar-refractivity contribution < 1.29 is 9.47 Å². The average Bonchev–Trinajstić information content (AvgIpc) is 2.50. The zero-order chi connectivity index (χ0) is 14.5.